The molecule has 3 nitrogen and oxygen atoms in total. The summed E-state index contributed by atoms with van der Waals surface area (Å²) in [5.74, 6) is -0.961. The molecule has 0 saturated carbocycles. The van der Waals surface area contributed by atoms with Crippen LogP contribution in [-0.2, 0) is 6.42 Å². The lowest BCUT2D eigenvalue weighted by Gasteiger charge is -2.03. The number of hydrogen-bond donors (Lipinski definition) is 1. The minimum absolute atomic E-state index is 0.133. The molecule has 0 aliphatic rings. The van der Waals surface area contributed by atoms with Gasteiger partial charge in [0.1, 0.15) is 5.69 Å². The average molecular weight is 179 g/mol. The zero-order valence-electron chi connectivity index (χ0n) is 7.87. The Morgan fingerprint density at radius 3 is 2.85 bits per heavy atom. The summed E-state index contributed by atoms with van der Waals surface area (Å²) in [6, 6.07) is 1.65. The standard InChI is InChI=1S/C10H13NO2/c1-3-4-8-5-9(10(12)13)11-6-7(8)2/h5-6H,3-4H2,1-2H3,(H,12,13). The van der Waals surface area contributed by atoms with Gasteiger partial charge in [0.15, 0.2) is 0 Å². The Hall–Kier alpha value is -1.38. The molecular formula is C10H13NO2. The Morgan fingerprint density at radius 2 is 2.31 bits per heavy atom. The van der Waals surface area contributed by atoms with Crippen LogP contribution in [0.2, 0.25) is 0 Å². The minimum atomic E-state index is -0.961. The van der Waals surface area contributed by atoms with Gasteiger partial charge in [-0.2, -0.15) is 0 Å². The number of pyridine rings is 1. The van der Waals surface area contributed by atoms with Crippen molar-refractivity contribution in [1.82, 2.24) is 4.98 Å². The summed E-state index contributed by atoms with van der Waals surface area (Å²) in [5.41, 5.74) is 2.27. The summed E-state index contributed by atoms with van der Waals surface area (Å²) >= 11 is 0. The maximum atomic E-state index is 10.6. The summed E-state index contributed by atoms with van der Waals surface area (Å²) in [6.45, 7) is 4.02. The first-order chi connectivity index (χ1) is 6.15. The molecule has 0 amide bonds. The van der Waals surface area contributed by atoms with Gasteiger partial charge in [-0.25, -0.2) is 9.78 Å². The summed E-state index contributed by atoms with van der Waals surface area (Å²) < 4.78 is 0. The molecule has 1 aromatic heterocycles. The number of carboxylic acids is 1. The van der Waals surface area contributed by atoms with Crippen molar-refractivity contribution in [1.29, 1.82) is 0 Å². The highest BCUT2D eigenvalue weighted by Gasteiger charge is 2.06. The Balaban J connectivity index is 3.03. The van der Waals surface area contributed by atoms with Crippen molar-refractivity contribution in [3.05, 3.63) is 29.1 Å². The topological polar surface area (TPSA) is 50.2 Å². The van der Waals surface area contributed by atoms with E-state index in [4.69, 9.17) is 5.11 Å². The van der Waals surface area contributed by atoms with Crippen LogP contribution in [0.4, 0.5) is 0 Å². The third kappa shape index (κ3) is 2.28. The van der Waals surface area contributed by atoms with Crippen molar-refractivity contribution in [2.45, 2.75) is 26.7 Å². The van der Waals surface area contributed by atoms with E-state index in [1.165, 1.54) is 0 Å². The number of nitrogens with zero attached hydrogens (tertiary/aromatic N) is 1. The lowest BCUT2D eigenvalue weighted by Crippen LogP contribution is -2.02. The first-order valence-corrected chi connectivity index (χ1v) is 4.34. The van der Waals surface area contributed by atoms with Gasteiger partial charge in [0.2, 0.25) is 0 Å². The number of carboxylic acid groups (broad SMARTS) is 1. The number of aromatic carboxylic acids is 1. The molecular weight excluding hydrogens is 166 g/mol. The Kier molecular flexibility index (Phi) is 3.01. The molecule has 0 atom stereocenters. The quantitative estimate of drug-likeness (QED) is 0.772. The Morgan fingerprint density at radius 1 is 1.62 bits per heavy atom. The number of carbonyl (C=O) groups is 1. The van der Waals surface area contributed by atoms with Crippen LogP contribution in [0.15, 0.2) is 12.3 Å². The molecule has 0 aromatic carbocycles. The van der Waals surface area contributed by atoms with Gasteiger partial charge in [-0.1, -0.05) is 13.3 Å². The normalized spacial score (nSPS) is 10.0. The van der Waals surface area contributed by atoms with Gasteiger partial charge in [-0.05, 0) is 30.5 Å². The monoisotopic (exact) mass is 179 g/mol. The number of hydrogen-bond acceptors (Lipinski definition) is 2. The van der Waals surface area contributed by atoms with Crippen LogP contribution in [0.1, 0.15) is 35.0 Å². The first kappa shape index (κ1) is 9.71. The van der Waals surface area contributed by atoms with Crippen LogP contribution >= 0.6 is 0 Å². The minimum Gasteiger partial charge on any atom is -0.477 e. The summed E-state index contributed by atoms with van der Waals surface area (Å²) in [7, 11) is 0. The fourth-order valence-electron chi connectivity index (χ4n) is 1.22. The van der Waals surface area contributed by atoms with Crippen molar-refractivity contribution in [2.75, 3.05) is 0 Å². The molecule has 1 heterocycles. The van der Waals surface area contributed by atoms with E-state index in [1.807, 2.05) is 6.92 Å². The summed E-state index contributed by atoms with van der Waals surface area (Å²) in [5, 5.41) is 8.71. The molecule has 0 spiro atoms. The smallest absolute Gasteiger partial charge is 0.354 e. The highest BCUT2D eigenvalue weighted by Crippen LogP contribution is 2.10. The zero-order valence-corrected chi connectivity index (χ0v) is 7.87. The third-order valence-corrected chi connectivity index (χ3v) is 1.95. The van der Waals surface area contributed by atoms with Crippen LogP contribution in [0, 0.1) is 6.92 Å². The summed E-state index contributed by atoms with van der Waals surface area (Å²) in [4.78, 5) is 14.4. The van der Waals surface area contributed by atoms with Crippen LogP contribution in [0.3, 0.4) is 0 Å². The molecule has 0 saturated heterocycles. The van der Waals surface area contributed by atoms with Crippen molar-refractivity contribution >= 4 is 5.97 Å². The van der Waals surface area contributed by atoms with Crippen molar-refractivity contribution < 1.29 is 9.90 Å². The van der Waals surface area contributed by atoms with Crippen LogP contribution in [0.5, 0.6) is 0 Å². The lowest BCUT2D eigenvalue weighted by atomic mass is 10.1. The fraction of sp³-hybridized carbons (Fsp3) is 0.400. The van der Waals surface area contributed by atoms with E-state index < -0.39 is 5.97 Å². The van der Waals surface area contributed by atoms with E-state index in [1.54, 1.807) is 12.3 Å². The molecule has 0 radical (unpaired) electrons. The van der Waals surface area contributed by atoms with E-state index >= 15 is 0 Å². The SMILES string of the molecule is CCCc1cc(C(=O)O)ncc1C. The van der Waals surface area contributed by atoms with Gasteiger partial charge in [-0.15, -0.1) is 0 Å². The van der Waals surface area contributed by atoms with E-state index in [2.05, 4.69) is 11.9 Å². The van der Waals surface area contributed by atoms with E-state index in [0.717, 1.165) is 24.0 Å². The second-order valence-electron chi connectivity index (χ2n) is 3.05. The van der Waals surface area contributed by atoms with Crippen LogP contribution < -0.4 is 0 Å². The number of rotatable bonds is 3. The predicted molar refractivity (Wildman–Crippen MR) is 49.9 cm³/mol. The van der Waals surface area contributed by atoms with Crippen LogP contribution in [0.25, 0.3) is 0 Å². The van der Waals surface area contributed by atoms with Crippen LogP contribution in [-0.4, -0.2) is 16.1 Å². The largest absolute Gasteiger partial charge is 0.477 e. The molecule has 0 unspecified atom stereocenters. The van der Waals surface area contributed by atoms with Gasteiger partial charge in [0, 0.05) is 6.20 Å². The molecule has 0 fully saturated rings. The second-order valence-corrected chi connectivity index (χ2v) is 3.05. The summed E-state index contributed by atoms with van der Waals surface area (Å²) in [6.07, 6.45) is 3.55. The van der Waals surface area contributed by atoms with Crippen molar-refractivity contribution in [2.24, 2.45) is 0 Å². The predicted octanol–water partition coefficient (Wildman–Crippen LogP) is 2.04. The van der Waals surface area contributed by atoms with E-state index in [9.17, 15) is 4.79 Å². The maximum Gasteiger partial charge on any atom is 0.354 e. The van der Waals surface area contributed by atoms with Crippen molar-refractivity contribution in [3.63, 3.8) is 0 Å². The molecule has 0 aliphatic carbocycles. The molecule has 13 heavy (non-hydrogen) atoms. The van der Waals surface area contributed by atoms with Crippen molar-refractivity contribution in [3.8, 4) is 0 Å². The van der Waals surface area contributed by atoms with Gasteiger partial charge < -0.3 is 5.11 Å². The molecule has 0 bridgehead atoms. The third-order valence-electron chi connectivity index (χ3n) is 1.95. The van der Waals surface area contributed by atoms with Gasteiger partial charge >= 0.3 is 5.97 Å². The molecule has 1 rings (SSSR count). The second kappa shape index (κ2) is 4.03. The van der Waals surface area contributed by atoms with Gasteiger partial charge in [0.05, 0.1) is 0 Å². The Labute approximate surface area is 77.4 Å². The Bertz CT molecular complexity index is 321. The van der Waals surface area contributed by atoms with E-state index in [0.29, 0.717) is 0 Å². The number of aryl methyl sites for hydroxylation is 2. The molecule has 1 aromatic rings. The first-order valence-electron chi connectivity index (χ1n) is 4.34. The number of aromatic nitrogens is 1. The van der Waals surface area contributed by atoms with Gasteiger partial charge in [0.25, 0.3) is 0 Å². The average Bonchev–Trinajstić information content (AvgIpc) is 2.08. The zero-order chi connectivity index (χ0) is 9.84. The molecule has 70 valence electrons. The highest BCUT2D eigenvalue weighted by atomic mass is 16.4. The molecule has 3 heteroatoms. The highest BCUT2D eigenvalue weighted by molar-refractivity contribution is 5.85. The molecule has 0 aliphatic heterocycles. The van der Waals surface area contributed by atoms with Gasteiger partial charge in [-0.3, -0.25) is 0 Å². The lowest BCUT2D eigenvalue weighted by molar-refractivity contribution is 0.0690. The fourth-order valence-corrected chi connectivity index (χ4v) is 1.22. The van der Waals surface area contributed by atoms with E-state index in [-0.39, 0.29) is 5.69 Å². The molecule has 1 N–H and O–H groups in total. The maximum absolute atomic E-state index is 10.6.